The van der Waals surface area contributed by atoms with E-state index in [0.29, 0.717) is 11.3 Å². The first-order valence-electron chi connectivity index (χ1n) is 8.22. The minimum absolute atomic E-state index is 0.0407. The smallest absolute Gasteiger partial charge is 0.261 e. The summed E-state index contributed by atoms with van der Waals surface area (Å²) in [5.74, 6) is 0.389. The van der Waals surface area contributed by atoms with E-state index in [2.05, 4.69) is 23.5 Å². The van der Waals surface area contributed by atoms with Crippen molar-refractivity contribution in [3.05, 3.63) is 65.2 Å². The second kappa shape index (κ2) is 7.18. The van der Waals surface area contributed by atoms with Crippen LogP contribution in [-0.2, 0) is 11.2 Å². The third-order valence-electron chi connectivity index (χ3n) is 4.33. The molecule has 2 atom stereocenters. The molecule has 0 aliphatic heterocycles. The predicted octanol–water partition coefficient (Wildman–Crippen LogP) is 3.52. The number of carbonyl (C=O) groups excluding carboxylic acids is 1. The number of benzene rings is 2. The first kappa shape index (κ1) is 16.1. The Morgan fingerprint density at radius 2 is 2.12 bits per heavy atom. The molecule has 0 radical (unpaired) electrons. The van der Waals surface area contributed by atoms with Crippen molar-refractivity contribution in [2.24, 2.45) is 0 Å². The van der Waals surface area contributed by atoms with Crippen molar-refractivity contribution in [2.75, 3.05) is 0 Å². The molecule has 1 aliphatic carbocycles. The summed E-state index contributed by atoms with van der Waals surface area (Å²) in [5.41, 5.74) is 3.03. The second-order valence-corrected chi connectivity index (χ2v) is 6.05. The van der Waals surface area contributed by atoms with E-state index in [1.54, 1.807) is 31.2 Å². The summed E-state index contributed by atoms with van der Waals surface area (Å²) in [4.78, 5) is 12.5. The average Bonchev–Trinajstić information content (AvgIpc) is 2.62. The van der Waals surface area contributed by atoms with Crippen LogP contribution in [0.5, 0.6) is 5.75 Å². The Hall–Kier alpha value is -2.80. The summed E-state index contributed by atoms with van der Waals surface area (Å²) in [6, 6.07) is 17.2. The van der Waals surface area contributed by atoms with Crippen molar-refractivity contribution in [1.82, 2.24) is 5.32 Å². The largest absolute Gasteiger partial charge is 0.481 e. The molecule has 0 bridgehead atoms. The van der Waals surface area contributed by atoms with E-state index in [4.69, 9.17) is 10.00 Å². The number of carbonyl (C=O) groups is 1. The maximum Gasteiger partial charge on any atom is 0.261 e. The highest BCUT2D eigenvalue weighted by molar-refractivity contribution is 5.81. The van der Waals surface area contributed by atoms with Gasteiger partial charge in [0.05, 0.1) is 17.7 Å². The number of fused-ring (bicyclic) bond motifs is 1. The van der Waals surface area contributed by atoms with Crippen LogP contribution in [0.15, 0.2) is 48.5 Å². The maximum atomic E-state index is 12.5. The number of nitriles is 1. The number of nitrogens with one attached hydrogen (secondary N) is 1. The molecule has 0 unspecified atom stereocenters. The monoisotopic (exact) mass is 320 g/mol. The summed E-state index contributed by atoms with van der Waals surface area (Å²) in [6.45, 7) is 1.73. The van der Waals surface area contributed by atoms with Crippen LogP contribution in [-0.4, -0.2) is 12.0 Å². The van der Waals surface area contributed by atoms with Crippen molar-refractivity contribution in [1.29, 1.82) is 5.26 Å². The van der Waals surface area contributed by atoms with E-state index >= 15 is 0 Å². The molecule has 0 saturated carbocycles. The van der Waals surface area contributed by atoms with Gasteiger partial charge in [-0.25, -0.2) is 0 Å². The molecule has 4 heteroatoms. The molecule has 0 saturated heterocycles. The Morgan fingerprint density at radius 3 is 2.96 bits per heavy atom. The Morgan fingerprint density at radius 1 is 1.29 bits per heavy atom. The highest BCUT2D eigenvalue weighted by Crippen LogP contribution is 2.29. The van der Waals surface area contributed by atoms with Crippen LogP contribution in [0.2, 0.25) is 0 Å². The van der Waals surface area contributed by atoms with Crippen LogP contribution in [0.3, 0.4) is 0 Å². The number of rotatable bonds is 4. The Kier molecular flexibility index (Phi) is 4.81. The van der Waals surface area contributed by atoms with Gasteiger partial charge in [0.1, 0.15) is 5.75 Å². The van der Waals surface area contributed by atoms with Crippen LogP contribution in [0, 0.1) is 11.3 Å². The Labute approximate surface area is 142 Å². The van der Waals surface area contributed by atoms with E-state index in [1.165, 1.54) is 11.1 Å². The van der Waals surface area contributed by atoms with E-state index in [9.17, 15) is 4.79 Å². The molecule has 0 aromatic heterocycles. The summed E-state index contributed by atoms with van der Waals surface area (Å²) in [5, 5.41) is 12.0. The zero-order chi connectivity index (χ0) is 16.9. The number of amides is 1. The molecular weight excluding hydrogens is 300 g/mol. The van der Waals surface area contributed by atoms with Gasteiger partial charge in [0.15, 0.2) is 6.10 Å². The molecule has 2 aromatic carbocycles. The van der Waals surface area contributed by atoms with Crippen LogP contribution in [0.25, 0.3) is 0 Å². The lowest BCUT2D eigenvalue weighted by molar-refractivity contribution is -0.128. The van der Waals surface area contributed by atoms with Gasteiger partial charge in [-0.3, -0.25) is 4.79 Å². The van der Waals surface area contributed by atoms with E-state index in [-0.39, 0.29) is 11.9 Å². The molecule has 3 rings (SSSR count). The standard InChI is InChI=1S/C20H20N2O2/c1-14(24-17-9-4-6-15(12-17)13-21)20(23)22-19-11-5-8-16-7-2-3-10-18(16)19/h2-4,6-7,9-10,12,14,19H,5,8,11H2,1H3,(H,22,23)/t14-,19+/m1/s1. The Balaban J connectivity index is 1.66. The number of hydrogen-bond acceptors (Lipinski definition) is 3. The van der Waals surface area contributed by atoms with Gasteiger partial charge in [-0.1, -0.05) is 30.3 Å². The minimum atomic E-state index is -0.618. The number of aryl methyl sites for hydroxylation is 1. The summed E-state index contributed by atoms with van der Waals surface area (Å²) < 4.78 is 5.68. The fourth-order valence-corrected chi connectivity index (χ4v) is 3.09. The van der Waals surface area contributed by atoms with E-state index < -0.39 is 6.10 Å². The molecule has 122 valence electrons. The van der Waals surface area contributed by atoms with Gasteiger partial charge < -0.3 is 10.1 Å². The molecule has 0 heterocycles. The summed E-state index contributed by atoms with van der Waals surface area (Å²) in [6.07, 6.45) is 2.46. The predicted molar refractivity (Wildman–Crippen MR) is 91.5 cm³/mol. The molecule has 1 amide bonds. The highest BCUT2D eigenvalue weighted by atomic mass is 16.5. The van der Waals surface area contributed by atoms with Crippen molar-refractivity contribution in [3.8, 4) is 11.8 Å². The molecule has 0 fully saturated rings. The summed E-state index contributed by atoms with van der Waals surface area (Å²) in [7, 11) is 0. The zero-order valence-electron chi connectivity index (χ0n) is 13.7. The van der Waals surface area contributed by atoms with Gasteiger partial charge in [0, 0.05) is 0 Å². The molecule has 4 nitrogen and oxygen atoms in total. The summed E-state index contributed by atoms with van der Waals surface area (Å²) >= 11 is 0. The van der Waals surface area contributed by atoms with Gasteiger partial charge in [-0.2, -0.15) is 5.26 Å². The third kappa shape index (κ3) is 3.57. The van der Waals surface area contributed by atoms with Gasteiger partial charge in [0.25, 0.3) is 5.91 Å². The molecule has 1 aliphatic rings. The number of hydrogen-bond donors (Lipinski definition) is 1. The molecule has 0 spiro atoms. The fourth-order valence-electron chi connectivity index (χ4n) is 3.09. The van der Waals surface area contributed by atoms with Crippen molar-refractivity contribution in [3.63, 3.8) is 0 Å². The average molecular weight is 320 g/mol. The zero-order valence-corrected chi connectivity index (χ0v) is 13.7. The molecule has 1 N–H and O–H groups in total. The van der Waals surface area contributed by atoms with Gasteiger partial charge >= 0.3 is 0 Å². The number of ether oxygens (including phenoxy) is 1. The van der Waals surface area contributed by atoms with Crippen LogP contribution < -0.4 is 10.1 Å². The first-order chi connectivity index (χ1) is 11.7. The minimum Gasteiger partial charge on any atom is -0.481 e. The third-order valence-corrected chi connectivity index (χ3v) is 4.33. The van der Waals surface area contributed by atoms with Gasteiger partial charge in [-0.15, -0.1) is 0 Å². The topological polar surface area (TPSA) is 62.1 Å². The SMILES string of the molecule is C[C@@H](Oc1cccc(C#N)c1)C(=O)N[C@H]1CCCc2ccccc21. The van der Waals surface area contributed by atoms with Crippen LogP contribution in [0.1, 0.15) is 42.5 Å². The highest BCUT2D eigenvalue weighted by Gasteiger charge is 2.24. The van der Waals surface area contributed by atoms with E-state index in [1.807, 2.05) is 12.1 Å². The molecule has 24 heavy (non-hydrogen) atoms. The number of nitrogens with zero attached hydrogens (tertiary/aromatic N) is 1. The van der Waals surface area contributed by atoms with E-state index in [0.717, 1.165) is 19.3 Å². The lowest BCUT2D eigenvalue weighted by atomic mass is 9.87. The maximum absolute atomic E-state index is 12.5. The molecular formula is C20H20N2O2. The van der Waals surface area contributed by atoms with Crippen molar-refractivity contribution >= 4 is 5.91 Å². The normalized spacial score (nSPS) is 17.2. The lowest BCUT2D eigenvalue weighted by Gasteiger charge is -2.27. The fraction of sp³-hybridized carbons (Fsp3) is 0.300. The van der Waals surface area contributed by atoms with Crippen molar-refractivity contribution < 1.29 is 9.53 Å². The second-order valence-electron chi connectivity index (χ2n) is 6.05. The lowest BCUT2D eigenvalue weighted by Crippen LogP contribution is -2.39. The van der Waals surface area contributed by atoms with Gasteiger partial charge in [-0.05, 0) is 55.5 Å². The first-order valence-corrected chi connectivity index (χ1v) is 8.22. The molecule has 2 aromatic rings. The van der Waals surface area contributed by atoms with Gasteiger partial charge in [0.2, 0.25) is 0 Å². The quantitative estimate of drug-likeness (QED) is 0.937. The van der Waals surface area contributed by atoms with Crippen LogP contribution in [0.4, 0.5) is 0 Å². The Bertz CT molecular complexity index is 779. The van der Waals surface area contributed by atoms with Crippen LogP contribution >= 0.6 is 0 Å². The van der Waals surface area contributed by atoms with Crippen molar-refractivity contribution in [2.45, 2.75) is 38.3 Å².